The molecular weight excluding hydrogens is 294 g/mol. The van der Waals surface area contributed by atoms with E-state index in [1.165, 1.54) is 43.9 Å². The lowest BCUT2D eigenvalue weighted by atomic mass is 9.86. The molecule has 122 valence electrons. The molecule has 2 saturated carbocycles. The Morgan fingerprint density at radius 1 is 1.35 bits per heavy atom. The number of nitrogens with one attached hydrogen (secondary N) is 1. The third-order valence-corrected chi connectivity index (χ3v) is 5.26. The van der Waals surface area contributed by atoms with Crippen LogP contribution >= 0.6 is 0 Å². The first-order valence-electron chi connectivity index (χ1n) is 8.05. The van der Waals surface area contributed by atoms with Crippen molar-refractivity contribution in [3.63, 3.8) is 0 Å². The number of hydrogen-bond acceptors (Lipinski definition) is 4. The monoisotopic (exact) mass is 315 g/mol. The second-order valence-corrected chi connectivity index (χ2v) is 6.73. The van der Waals surface area contributed by atoms with Crippen molar-refractivity contribution in [2.24, 2.45) is 22.9 Å². The molecule has 2 aliphatic carbocycles. The van der Waals surface area contributed by atoms with Crippen LogP contribution in [0.15, 0.2) is 23.3 Å². The van der Waals surface area contributed by atoms with Crippen LogP contribution in [0.3, 0.4) is 0 Å². The van der Waals surface area contributed by atoms with Crippen molar-refractivity contribution < 1.29 is 9.72 Å². The fourth-order valence-corrected chi connectivity index (χ4v) is 4.04. The van der Waals surface area contributed by atoms with E-state index < -0.39 is 4.92 Å². The van der Waals surface area contributed by atoms with Crippen molar-refractivity contribution in [1.29, 1.82) is 0 Å². The van der Waals surface area contributed by atoms with Crippen molar-refractivity contribution in [3.05, 3.63) is 39.4 Å². The molecule has 1 aromatic rings. The van der Waals surface area contributed by atoms with Crippen molar-refractivity contribution in [1.82, 2.24) is 5.43 Å². The minimum atomic E-state index is -0.450. The largest absolute Gasteiger partial charge is 0.272 e. The molecule has 1 aromatic carbocycles. The lowest BCUT2D eigenvalue weighted by Crippen LogP contribution is -2.24. The highest BCUT2D eigenvalue weighted by Gasteiger charge is 2.40. The molecule has 1 amide bonds. The maximum atomic E-state index is 12.2. The molecule has 6 nitrogen and oxygen atoms in total. The van der Waals surface area contributed by atoms with E-state index >= 15 is 0 Å². The average Bonchev–Trinajstić information content (AvgIpc) is 3.14. The van der Waals surface area contributed by atoms with Gasteiger partial charge in [0.25, 0.3) is 11.6 Å². The zero-order chi connectivity index (χ0) is 16.6. The highest BCUT2D eigenvalue weighted by atomic mass is 16.6. The molecule has 6 heteroatoms. The van der Waals surface area contributed by atoms with Crippen molar-refractivity contribution >= 4 is 17.3 Å². The molecule has 23 heavy (non-hydrogen) atoms. The van der Waals surface area contributed by atoms with Crippen LogP contribution in [0.4, 0.5) is 5.69 Å². The van der Waals surface area contributed by atoms with E-state index in [9.17, 15) is 14.9 Å². The number of carbonyl (C=O) groups is 1. The summed E-state index contributed by atoms with van der Waals surface area (Å²) in [6, 6.07) is 4.34. The highest BCUT2D eigenvalue weighted by Crippen LogP contribution is 2.48. The first-order valence-corrected chi connectivity index (χ1v) is 8.05. The number of hydrogen-bond donors (Lipinski definition) is 1. The molecule has 2 bridgehead atoms. The van der Waals surface area contributed by atoms with Gasteiger partial charge in [-0.1, -0.05) is 6.42 Å². The molecule has 0 saturated heterocycles. The minimum Gasteiger partial charge on any atom is -0.267 e. The Labute approximate surface area is 135 Å². The first kappa shape index (κ1) is 15.6. The molecule has 1 N–H and O–H groups in total. The number of aryl methyl sites for hydroxylation is 1. The summed E-state index contributed by atoms with van der Waals surface area (Å²) in [6.45, 7) is 3.60. The number of nitro groups is 1. The van der Waals surface area contributed by atoms with Crippen LogP contribution in [0, 0.1) is 34.8 Å². The number of nitro benzene ring substituents is 1. The normalized spacial score (nSPS) is 26.3. The van der Waals surface area contributed by atoms with Crippen LogP contribution in [0.2, 0.25) is 0 Å². The van der Waals surface area contributed by atoms with Crippen LogP contribution in [-0.2, 0) is 0 Å². The summed E-state index contributed by atoms with van der Waals surface area (Å²) in [5, 5.41) is 15.1. The van der Waals surface area contributed by atoms with Crippen LogP contribution < -0.4 is 5.43 Å². The van der Waals surface area contributed by atoms with Gasteiger partial charge >= 0.3 is 0 Å². The van der Waals surface area contributed by atoms with E-state index in [2.05, 4.69) is 10.5 Å². The van der Waals surface area contributed by atoms with Crippen molar-refractivity contribution in [2.45, 2.75) is 39.5 Å². The Morgan fingerprint density at radius 2 is 2.13 bits per heavy atom. The third-order valence-electron chi connectivity index (χ3n) is 5.26. The second-order valence-electron chi connectivity index (χ2n) is 6.73. The first-order chi connectivity index (χ1) is 11.0. The molecule has 0 radical (unpaired) electrons. The van der Waals surface area contributed by atoms with E-state index in [1.54, 1.807) is 6.92 Å². The summed E-state index contributed by atoms with van der Waals surface area (Å²) < 4.78 is 0. The van der Waals surface area contributed by atoms with E-state index in [-0.39, 0.29) is 11.6 Å². The fraction of sp³-hybridized carbons (Fsp3) is 0.529. The predicted octanol–water partition coefficient (Wildman–Crippen LogP) is 3.45. The van der Waals surface area contributed by atoms with Crippen LogP contribution in [0.1, 0.15) is 48.5 Å². The molecule has 3 rings (SSSR count). The lowest BCUT2D eigenvalue weighted by Gasteiger charge is -2.21. The Hall–Kier alpha value is -2.24. The maximum absolute atomic E-state index is 12.2. The number of hydrazone groups is 1. The van der Waals surface area contributed by atoms with Crippen LogP contribution in [-0.4, -0.2) is 16.5 Å². The van der Waals surface area contributed by atoms with Gasteiger partial charge in [0.15, 0.2) is 0 Å². The number of amides is 1. The highest BCUT2D eigenvalue weighted by molar-refractivity contribution is 5.96. The van der Waals surface area contributed by atoms with Gasteiger partial charge in [-0.15, -0.1) is 0 Å². The van der Waals surface area contributed by atoms with E-state index in [1.807, 2.05) is 6.92 Å². The van der Waals surface area contributed by atoms with Gasteiger partial charge in [0, 0.05) is 28.8 Å². The molecule has 0 heterocycles. The molecule has 3 unspecified atom stereocenters. The number of rotatable bonds is 4. The van der Waals surface area contributed by atoms with Gasteiger partial charge in [0.1, 0.15) is 0 Å². The summed E-state index contributed by atoms with van der Waals surface area (Å²) >= 11 is 0. The zero-order valence-electron chi connectivity index (χ0n) is 13.4. The quantitative estimate of drug-likeness (QED) is 0.524. The predicted molar refractivity (Wildman–Crippen MR) is 87.3 cm³/mol. The fourth-order valence-electron chi connectivity index (χ4n) is 4.04. The SMILES string of the molecule is C/C(=N/NC(=O)c1ccc([N+](=O)[O-])c(C)c1)C1CC2CCC1C2. The summed E-state index contributed by atoms with van der Waals surface area (Å²) in [4.78, 5) is 22.5. The Kier molecular flexibility index (Phi) is 4.15. The van der Waals surface area contributed by atoms with Crippen molar-refractivity contribution in [3.8, 4) is 0 Å². The number of fused-ring (bicyclic) bond motifs is 2. The van der Waals surface area contributed by atoms with Gasteiger partial charge in [-0.25, -0.2) is 5.43 Å². The Bertz CT molecular complexity index is 684. The molecule has 3 atom stereocenters. The van der Waals surface area contributed by atoms with Crippen molar-refractivity contribution in [2.75, 3.05) is 0 Å². The molecule has 2 aliphatic rings. The van der Waals surface area contributed by atoms with Gasteiger partial charge in [0.05, 0.1) is 4.92 Å². The maximum Gasteiger partial charge on any atom is 0.272 e. The Balaban J connectivity index is 1.66. The number of nitrogens with zero attached hydrogens (tertiary/aromatic N) is 2. The minimum absolute atomic E-state index is 0.0169. The summed E-state index contributed by atoms with van der Waals surface area (Å²) in [5.41, 5.74) is 4.45. The van der Waals surface area contributed by atoms with Crippen LogP contribution in [0.5, 0.6) is 0 Å². The summed E-state index contributed by atoms with van der Waals surface area (Å²) in [7, 11) is 0. The van der Waals surface area contributed by atoms with Crippen LogP contribution in [0.25, 0.3) is 0 Å². The number of benzene rings is 1. The molecule has 0 aliphatic heterocycles. The van der Waals surface area contributed by atoms with E-state index in [0.29, 0.717) is 17.0 Å². The average molecular weight is 315 g/mol. The molecule has 2 fully saturated rings. The molecule has 0 spiro atoms. The lowest BCUT2D eigenvalue weighted by molar-refractivity contribution is -0.385. The van der Waals surface area contributed by atoms with Gasteiger partial charge in [-0.05, 0) is 57.1 Å². The number of carbonyl (C=O) groups excluding carboxylic acids is 1. The summed E-state index contributed by atoms with van der Waals surface area (Å²) in [5.74, 6) is 1.73. The third kappa shape index (κ3) is 3.11. The smallest absolute Gasteiger partial charge is 0.267 e. The zero-order valence-corrected chi connectivity index (χ0v) is 13.4. The molecular formula is C17H21N3O3. The summed E-state index contributed by atoms with van der Waals surface area (Å²) in [6.07, 6.45) is 5.10. The molecule has 0 aromatic heterocycles. The topological polar surface area (TPSA) is 84.6 Å². The van der Waals surface area contributed by atoms with Gasteiger partial charge in [-0.3, -0.25) is 14.9 Å². The van der Waals surface area contributed by atoms with E-state index in [0.717, 1.165) is 17.5 Å². The van der Waals surface area contributed by atoms with Gasteiger partial charge in [0.2, 0.25) is 0 Å². The van der Waals surface area contributed by atoms with Gasteiger partial charge in [-0.2, -0.15) is 5.10 Å². The second kappa shape index (κ2) is 6.10. The van der Waals surface area contributed by atoms with Gasteiger partial charge < -0.3 is 0 Å². The van der Waals surface area contributed by atoms with E-state index in [4.69, 9.17) is 0 Å². The standard InChI is InChI=1S/C17H21N3O3/c1-10-7-14(5-6-16(10)20(22)23)17(21)19-18-11(2)15-9-12-3-4-13(15)8-12/h5-7,12-13,15H,3-4,8-9H2,1-2H3,(H,19,21)/b18-11-. The Morgan fingerprint density at radius 3 is 2.70 bits per heavy atom.